The van der Waals surface area contributed by atoms with Gasteiger partial charge in [-0.25, -0.2) is 4.79 Å². The summed E-state index contributed by atoms with van der Waals surface area (Å²) in [5, 5.41) is 13.1. The number of carbonyl (C=O) groups is 1. The number of rotatable bonds is 21. The van der Waals surface area contributed by atoms with Crippen molar-refractivity contribution in [1.29, 1.82) is 0 Å². The van der Waals surface area contributed by atoms with Crippen LogP contribution >= 0.6 is 0 Å². The zero-order valence-corrected chi connectivity index (χ0v) is 21.3. The zero-order chi connectivity index (χ0) is 22.8. The molecular formula is C26H55N2O2+. The van der Waals surface area contributed by atoms with Crippen molar-refractivity contribution < 1.29 is 14.4 Å². The molecule has 0 rings (SSSR count). The molecule has 0 spiro atoms. The van der Waals surface area contributed by atoms with E-state index in [1.54, 1.807) is 0 Å². The van der Waals surface area contributed by atoms with E-state index < -0.39 is 12.0 Å². The summed E-state index contributed by atoms with van der Waals surface area (Å²) in [5.41, 5.74) is 0. The Kier molecular flexibility index (Phi) is 17.6. The van der Waals surface area contributed by atoms with Gasteiger partial charge in [0, 0.05) is 0 Å². The SMILES string of the molecule is CCC(NCCCCCCCCCCCCCCCC(C)C)C(C(=O)O)[N+](C)(C)C. The van der Waals surface area contributed by atoms with Crippen LogP contribution in [0.5, 0.6) is 0 Å². The maximum Gasteiger partial charge on any atom is 0.364 e. The van der Waals surface area contributed by atoms with Gasteiger partial charge < -0.3 is 14.9 Å². The summed E-state index contributed by atoms with van der Waals surface area (Å²) in [6.45, 7) is 7.65. The van der Waals surface area contributed by atoms with Gasteiger partial charge in [-0.3, -0.25) is 0 Å². The highest BCUT2D eigenvalue weighted by molar-refractivity contribution is 5.73. The van der Waals surface area contributed by atoms with Crippen molar-refractivity contribution in [3.8, 4) is 0 Å². The number of likely N-dealkylation sites (N-methyl/N-ethyl adjacent to an activating group) is 1. The van der Waals surface area contributed by atoms with Crippen LogP contribution in [0.2, 0.25) is 0 Å². The molecule has 4 nitrogen and oxygen atoms in total. The first kappa shape index (κ1) is 29.4. The smallest absolute Gasteiger partial charge is 0.364 e. The van der Waals surface area contributed by atoms with Crippen LogP contribution in [0.4, 0.5) is 0 Å². The van der Waals surface area contributed by atoms with E-state index in [4.69, 9.17) is 0 Å². The van der Waals surface area contributed by atoms with Crippen LogP contribution in [0.15, 0.2) is 0 Å². The van der Waals surface area contributed by atoms with Crippen LogP contribution in [-0.4, -0.2) is 55.3 Å². The van der Waals surface area contributed by atoms with E-state index in [-0.39, 0.29) is 6.04 Å². The summed E-state index contributed by atoms with van der Waals surface area (Å²) in [6, 6.07) is -0.354. The zero-order valence-electron chi connectivity index (χ0n) is 21.3. The van der Waals surface area contributed by atoms with E-state index in [2.05, 4.69) is 26.1 Å². The fourth-order valence-corrected chi connectivity index (χ4v) is 4.43. The van der Waals surface area contributed by atoms with Gasteiger partial charge in [-0.15, -0.1) is 0 Å². The molecule has 30 heavy (non-hydrogen) atoms. The molecule has 4 heteroatoms. The third kappa shape index (κ3) is 16.1. The van der Waals surface area contributed by atoms with Crippen LogP contribution < -0.4 is 5.32 Å². The van der Waals surface area contributed by atoms with E-state index in [0.29, 0.717) is 4.48 Å². The second-order valence-electron chi connectivity index (χ2n) is 10.6. The molecular weight excluding hydrogens is 372 g/mol. The summed E-state index contributed by atoms with van der Waals surface area (Å²) in [4.78, 5) is 11.7. The highest BCUT2D eigenvalue weighted by atomic mass is 16.4. The first-order valence-electron chi connectivity index (χ1n) is 13.0. The van der Waals surface area contributed by atoms with Gasteiger partial charge in [0.25, 0.3) is 0 Å². The lowest BCUT2D eigenvalue weighted by Gasteiger charge is -2.36. The number of hydrogen-bond donors (Lipinski definition) is 2. The van der Waals surface area contributed by atoms with Crippen LogP contribution in [-0.2, 0) is 4.79 Å². The van der Waals surface area contributed by atoms with E-state index in [0.717, 1.165) is 25.3 Å². The standard InChI is InChI=1S/C26H54N2O2/c1-7-24(25(26(29)30)28(4,5)6)27-22-20-18-16-14-12-10-8-9-11-13-15-17-19-21-23(2)3/h23-25,27H,7-22H2,1-6H3/p+1. The minimum Gasteiger partial charge on any atom is -0.477 e. The number of unbranched alkanes of at least 4 members (excludes halogenated alkanes) is 12. The topological polar surface area (TPSA) is 49.3 Å². The minimum atomic E-state index is -0.701. The van der Waals surface area contributed by atoms with E-state index in [1.807, 2.05) is 21.1 Å². The first-order chi connectivity index (χ1) is 14.2. The normalized spacial score (nSPS) is 14.2. The molecule has 0 heterocycles. The Labute approximate surface area is 188 Å². The average molecular weight is 428 g/mol. The van der Waals surface area contributed by atoms with Gasteiger partial charge >= 0.3 is 5.97 Å². The van der Waals surface area contributed by atoms with Crippen LogP contribution in [0.25, 0.3) is 0 Å². The van der Waals surface area contributed by atoms with Gasteiger partial charge in [-0.1, -0.05) is 104 Å². The van der Waals surface area contributed by atoms with Crippen LogP contribution in [0.3, 0.4) is 0 Å². The van der Waals surface area contributed by atoms with Crippen LogP contribution in [0.1, 0.15) is 117 Å². The number of carboxylic acids is 1. The molecule has 0 bridgehead atoms. The van der Waals surface area contributed by atoms with Crippen LogP contribution in [0, 0.1) is 5.92 Å². The van der Waals surface area contributed by atoms with E-state index >= 15 is 0 Å². The van der Waals surface area contributed by atoms with Crippen molar-refractivity contribution in [3.05, 3.63) is 0 Å². The van der Waals surface area contributed by atoms with Gasteiger partial charge in [0.05, 0.1) is 27.2 Å². The predicted octanol–water partition coefficient (Wildman–Crippen LogP) is 6.63. The molecule has 0 saturated carbocycles. The predicted molar refractivity (Wildman–Crippen MR) is 131 cm³/mol. The third-order valence-corrected chi connectivity index (χ3v) is 6.27. The number of nitrogens with zero attached hydrogens (tertiary/aromatic N) is 1. The Balaban J connectivity index is 3.54. The molecule has 180 valence electrons. The second-order valence-corrected chi connectivity index (χ2v) is 10.6. The van der Waals surface area contributed by atoms with E-state index in [9.17, 15) is 9.90 Å². The monoisotopic (exact) mass is 427 g/mol. The quantitative estimate of drug-likeness (QED) is 0.160. The molecule has 2 unspecified atom stereocenters. The fraction of sp³-hybridized carbons (Fsp3) is 0.962. The average Bonchev–Trinajstić information content (AvgIpc) is 2.64. The molecule has 0 aromatic carbocycles. The summed E-state index contributed by atoms with van der Waals surface area (Å²) in [6.07, 6.45) is 20.1. The van der Waals surface area contributed by atoms with Gasteiger partial charge in [-0.2, -0.15) is 0 Å². The lowest BCUT2D eigenvalue weighted by atomic mass is 10.0. The number of hydrogen-bond acceptors (Lipinski definition) is 2. The summed E-state index contributed by atoms with van der Waals surface area (Å²) in [5.74, 6) is 0.166. The number of nitrogens with one attached hydrogen (secondary N) is 1. The van der Waals surface area contributed by atoms with E-state index in [1.165, 1.54) is 83.5 Å². The Morgan fingerprint density at radius 1 is 0.767 bits per heavy atom. The molecule has 2 N–H and O–H groups in total. The number of aliphatic carboxylic acids is 1. The molecule has 0 aliphatic rings. The lowest BCUT2D eigenvalue weighted by molar-refractivity contribution is -0.888. The molecule has 0 fully saturated rings. The second kappa shape index (κ2) is 18.0. The fourth-order valence-electron chi connectivity index (χ4n) is 4.43. The molecule has 0 radical (unpaired) electrons. The molecule has 0 amide bonds. The highest BCUT2D eigenvalue weighted by Gasteiger charge is 2.37. The van der Waals surface area contributed by atoms with Crippen molar-refractivity contribution in [2.24, 2.45) is 5.92 Å². The molecule has 0 saturated heterocycles. The Morgan fingerprint density at radius 2 is 1.17 bits per heavy atom. The molecule has 2 atom stereocenters. The Bertz CT molecular complexity index is 404. The maximum atomic E-state index is 11.7. The maximum absolute atomic E-state index is 11.7. The largest absolute Gasteiger partial charge is 0.477 e. The number of quaternary nitrogens is 1. The Hall–Kier alpha value is -0.610. The molecule has 0 aliphatic carbocycles. The van der Waals surface area contributed by atoms with Crippen molar-refractivity contribution >= 4 is 5.97 Å². The van der Waals surface area contributed by atoms with Crippen molar-refractivity contribution in [2.45, 2.75) is 129 Å². The van der Waals surface area contributed by atoms with Gasteiger partial charge in [0.1, 0.15) is 0 Å². The molecule has 0 aromatic rings. The molecule has 0 aromatic heterocycles. The molecule has 0 aliphatic heterocycles. The van der Waals surface area contributed by atoms with Gasteiger partial charge in [0.2, 0.25) is 6.04 Å². The summed E-state index contributed by atoms with van der Waals surface area (Å²) in [7, 11) is 5.91. The minimum absolute atomic E-state index is 0.0395. The number of carboxylic acid groups (broad SMARTS) is 1. The van der Waals surface area contributed by atoms with Crippen molar-refractivity contribution in [3.63, 3.8) is 0 Å². The van der Waals surface area contributed by atoms with Crippen molar-refractivity contribution in [1.82, 2.24) is 5.32 Å². The Morgan fingerprint density at radius 3 is 1.50 bits per heavy atom. The lowest BCUT2D eigenvalue weighted by Crippen LogP contribution is -2.60. The summed E-state index contributed by atoms with van der Waals surface area (Å²) < 4.78 is 0.457. The highest BCUT2D eigenvalue weighted by Crippen LogP contribution is 2.15. The van der Waals surface area contributed by atoms with Crippen molar-refractivity contribution in [2.75, 3.05) is 27.7 Å². The van der Waals surface area contributed by atoms with Gasteiger partial charge in [-0.05, 0) is 25.3 Å². The summed E-state index contributed by atoms with van der Waals surface area (Å²) >= 11 is 0. The third-order valence-electron chi connectivity index (χ3n) is 6.27. The first-order valence-corrected chi connectivity index (χ1v) is 13.0. The van der Waals surface area contributed by atoms with Gasteiger partial charge in [0.15, 0.2) is 0 Å².